The number of hydrogen-bond donors (Lipinski definition) is 0. The van der Waals surface area contributed by atoms with Crippen molar-refractivity contribution in [2.45, 2.75) is 44.0 Å². The van der Waals surface area contributed by atoms with Crippen LogP contribution in [0.15, 0.2) is 17.8 Å². The van der Waals surface area contributed by atoms with Gasteiger partial charge in [0.1, 0.15) is 5.82 Å². The van der Waals surface area contributed by atoms with E-state index >= 15 is 0 Å². The van der Waals surface area contributed by atoms with Gasteiger partial charge >= 0.3 is 0 Å². The maximum Gasteiger partial charge on any atom is 0.191 e. The zero-order chi connectivity index (χ0) is 12.1. The maximum atomic E-state index is 5.71. The number of ether oxygens (including phenoxy) is 1. The Labute approximate surface area is 106 Å². The van der Waals surface area contributed by atoms with Crippen LogP contribution in [0.3, 0.4) is 0 Å². The van der Waals surface area contributed by atoms with Crippen molar-refractivity contribution in [2.24, 2.45) is 0 Å². The summed E-state index contributed by atoms with van der Waals surface area (Å²) in [5.41, 5.74) is 0. The van der Waals surface area contributed by atoms with E-state index in [9.17, 15) is 0 Å². The Morgan fingerprint density at radius 3 is 3.12 bits per heavy atom. The molecular formula is C12H19N3OS. The third kappa shape index (κ3) is 3.33. The second kappa shape index (κ2) is 6.21. The van der Waals surface area contributed by atoms with Crippen molar-refractivity contribution in [3.05, 3.63) is 18.5 Å². The second-order valence-corrected chi connectivity index (χ2v) is 5.22. The van der Waals surface area contributed by atoms with Crippen LogP contribution >= 0.6 is 11.8 Å². The van der Waals surface area contributed by atoms with Crippen LogP contribution < -0.4 is 0 Å². The van der Waals surface area contributed by atoms with E-state index in [2.05, 4.69) is 21.3 Å². The fourth-order valence-corrected chi connectivity index (χ4v) is 2.97. The highest BCUT2D eigenvalue weighted by molar-refractivity contribution is 7.99. The fraction of sp³-hybridized carbons (Fsp3) is 0.667. The number of nitrogens with zero attached hydrogens (tertiary/aromatic N) is 3. The molecule has 4 nitrogen and oxygen atoms in total. The Morgan fingerprint density at radius 2 is 2.41 bits per heavy atom. The Hall–Kier alpha value is -0.810. The Balaban J connectivity index is 1.91. The van der Waals surface area contributed by atoms with E-state index < -0.39 is 0 Å². The molecule has 1 aromatic rings. The summed E-state index contributed by atoms with van der Waals surface area (Å²) in [7, 11) is 0. The van der Waals surface area contributed by atoms with Gasteiger partial charge in [0.05, 0.1) is 6.10 Å². The van der Waals surface area contributed by atoms with Gasteiger partial charge in [0, 0.05) is 18.9 Å². The lowest BCUT2D eigenvalue weighted by Crippen LogP contribution is -2.21. The van der Waals surface area contributed by atoms with Crippen molar-refractivity contribution in [3.8, 4) is 0 Å². The first kappa shape index (κ1) is 12.6. The molecule has 1 fully saturated rings. The summed E-state index contributed by atoms with van der Waals surface area (Å²) >= 11 is 1.73. The van der Waals surface area contributed by atoms with Crippen LogP contribution in [-0.4, -0.2) is 33.2 Å². The number of aromatic nitrogens is 3. The van der Waals surface area contributed by atoms with Crippen molar-refractivity contribution in [2.75, 3.05) is 12.4 Å². The van der Waals surface area contributed by atoms with E-state index in [0.29, 0.717) is 6.10 Å². The van der Waals surface area contributed by atoms with Gasteiger partial charge in [-0.1, -0.05) is 17.8 Å². The van der Waals surface area contributed by atoms with Crippen molar-refractivity contribution in [1.82, 2.24) is 14.8 Å². The standard InChI is InChI=1S/C12H19N3OS/c1-3-7-15-10(2)13-14-12(15)17-9-11-6-4-5-8-16-11/h3,11H,1,4-9H2,2H3/t11-/m0/s1. The molecule has 0 saturated carbocycles. The first-order valence-electron chi connectivity index (χ1n) is 6.06. The monoisotopic (exact) mass is 253 g/mol. The van der Waals surface area contributed by atoms with Crippen molar-refractivity contribution in [3.63, 3.8) is 0 Å². The van der Waals surface area contributed by atoms with E-state index in [4.69, 9.17) is 4.74 Å². The van der Waals surface area contributed by atoms with Crippen LogP contribution in [0, 0.1) is 6.92 Å². The summed E-state index contributed by atoms with van der Waals surface area (Å²) in [6, 6.07) is 0. The van der Waals surface area contributed by atoms with Crippen molar-refractivity contribution >= 4 is 11.8 Å². The fourth-order valence-electron chi connectivity index (χ4n) is 1.91. The van der Waals surface area contributed by atoms with Gasteiger partial charge in [0.15, 0.2) is 5.16 Å². The lowest BCUT2D eigenvalue weighted by molar-refractivity contribution is 0.0315. The molecule has 0 amide bonds. The lowest BCUT2D eigenvalue weighted by Gasteiger charge is -2.21. The maximum absolute atomic E-state index is 5.71. The summed E-state index contributed by atoms with van der Waals surface area (Å²) < 4.78 is 7.79. The zero-order valence-electron chi connectivity index (χ0n) is 10.3. The molecule has 1 saturated heterocycles. The number of aryl methyl sites for hydroxylation is 1. The molecule has 2 rings (SSSR count). The zero-order valence-corrected chi connectivity index (χ0v) is 11.1. The molecule has 0 unspecified atom stereocenters. The van der Waals surface area contributed by atoms with Gasteiger partial charge in [-0.15, -0.1) is 16.8 Å². The first-order valence-corrected chi connectivity index (χ1v) is 7.05. The predicted molar refractivity (Wildman–Crippen MR) is 69.3 cm³/mol. The summed E-state index contributed by atoms with van der Waals surface area (Å²) in [5.74, 6) is 1.91. The van der Waals surface area contributed by atoms with Gasteiger partial charge in [-0.2, -0.15) is 0 Å². The smallest absolute Gasteiger partial charge is 0.191 e. The van der Waals surface area contributed by atoms with Crippen molar-refractivity contribution < 1.29 is 4.74 Å². The third-order valence-corrected chi connectivity index (χ3v) is 3.98. The average molecular weight is 253 g/mol. The topological polar surface area (TPSA) is 39.9 Å². The van der Waals surface area contributed by atoms with Crippen LogP contribution in [0.5, 0.6) is 0 Å². The van der Waals surface area contributed by atoms with E-state index in [0.717, 1.165) is 29.9 Å². The molecule has 1 aromatic heterocycles. The van der Waals surface area contributed by atoms with Crippen LogP contribution in [0.2, 0.25) is 0 Å². The van der Waals surface area contributed by atoms with Gasteiger partial charge < -0.3 is 9.30 Å². The number of allylic oxidation sites excluding steroid dienone is 1. The molecule has 0 spiro atoms. The van der Waals surface area contributed by atoms with Gasteiger partial charge in [-0.3, -0.25) is 0 Å². The number of thioether (sulfide) groups is 1. The minimum absolute atomic E-state index is 0.378. The van der Waals surface area contributed by atoms with Crippen LogP contribution in [0.25, 0.3) is 0 Å². The highest BCUT2D eigenvalue weighted by Gasteiger charge is 2.16. The minimum Gasteiger partial charge on any atom is -0.377 e. The largest absolute Gasteiger partial charge is 0.377 e. The predicted octanol–water partition coefficient (Wildman–Crippen LogP) is 2.43. The molecule has 0 bridgehead atoms. The van der Waals surface area contributed by atoms with Gasteiger partial charge in [0.2, 0.25) is 0 Å². The van der Waals surface area contributed by atoms with Gasteiger partial charge in [0.25, 0.3) is 0 Å². The SMILES string of the molecule is C=CCn1c(C)nnc1SC[C@@H]1CCCCO1. The third-order valence-electron chi connectivity index (χ3n) is 2.89. The highest BCUT2D eigenvalue weighted by atomic mass is 32.2. The van der Waals surface area contributed by atoms with Crippen LogP contribution in [0.4, 0.5) is 0 Å². The second-order valence-electron chi connectivity index (χ2n) is 4.23. The van der Waals surface area contributed by atoms with E-state index in [-0.39, 0.29) is 0 Å². The summed E-state index contributed by atoms with van der Waals surface area (Å²) in [5, 5.41) is 9.26. The molecule has 1 atom stereocenters. The molecule has 0 radical (unpaired) electrons. The van der Waals surface area contributed by atoms with Gasteiger partial charge in [-0.25, -0.2) is 0 Å². The van der Waals surface area contributed by atoms with E-state index in [1.54, 1.807) is 11.8 Å². The Morgan fingerprint density at radius 1 is 1.53 bits per heavy atom. The lowest BCUT2D eigenvalue weighted by atomic mass is 10.1. The van der Waals surface area contributed by atoms with Crippen molar-refractivity contribution in [1.29, 1.82) is 0 Å². The number of hydrogen-bond acceptors (Lipinski definition) is 4. The minimum atomic E-state index is 0.378. The Kier molecular flexibility index (Phi) is 4.62. The highest BCUT2D eigenvalue weighted by Crippen LogP contribution is 2.22. The summed E-state index contributed by atoms with van der Waals surface area (Å²) in [6.45, 7) is 7.40. The van der Waals surface area contributed by atoms with E-state index in [1.807, 2.05) is 13.0 Å². The molecule has 0 aliphatic carbocycles. The molecule has 1 aliphatic heterocycles. The molecule has 5 heteroatoms. The average Bonchev–Trinajstić information content (AvgIpc) is 2.70. The molecule has 1 aliphatic rings. The molecule has 94 valence electrons. The van der Waals surface area contributed by atoms with Crippen LogP contribution in [0.1, 0.15) is 25.1 Å². The Bertz CT molecular complexity index is 372. The normalized spacial score (nSPS) is 20.4. The molecule has 17 heavy (non-hydrogen) atoms. The van der Waals surface area contributed by atoms with E-state index in [1.165, 1.54) is 19.3 Å². The molecule has 0 N–H and O–H groups in total. The summed E-state index contributed by atoms with van der Waals surface area (Å²) in [6.07, 6.45) is 5.90. The molecule has 0 aromatic carbocycles. The summed E-state index contributed by atoms with van der Waals surface area (Å²) in [4.78, 5) is 0. The van der Waals surface area contributed by atoms with Crippen LogP contribution in [-0.2, 0) is 11.3 Å². The van der Waals surface area contributed by atoms with Gasteiger partial charge in [-0.05, 0) is 26.2 Å². The molecule has 2 heterocycles. The number of rotatable bonds is 5. The first-order chi connectivity index (χ1) is 8.31. The quantitative estimate of drug-likeness (QED) is 0.597. The molecular weight excluding hydrogens is 234 g/mol.